The lowest BCUT2D eigenvalue weighted by molar-refractivity contribution is 0.0926. The van der Waals surface area contributed by atoms with E-state index in [9.17, 15) is 9.18 Å². The van der Waals surface area contributed by atoms with Gasteiger partial charge in [0.2, 0.25) is 0 Å². The summed E-state index contributed by atoms with van der Waals surface area (Å²) in [6, 6.07) is 12.3. The normalized spacial score (nSPS) is 20.1. The first-order valence-electron chi connectivity index (χ1n) is 10.7. The topological polar surface area (TPSA) is 58.4 Å². The zero-order chi connectivity index (χ0) is 21.3. The number of carbonyl (C=O) groups is 1. The fraction of sp³-hybridized carbons (Fsp3) is 0.391. The van der Waals surface area contributed by atoms with Crippen LogP contribution < -0.4 is 10.6 Å². The largest absolute Gasteiger partial charge is 0.368 e. The average molecular weight is 406 g/mol. The number of pyridine rings is 1. The predicted octanol–water partition coefficient (Wildman–Crippen LogP) is 3.71. The first kappa shape index (κ1) is 20.4. The molecule has 1 amide bonds. The van der Waals surface area contributed by atoms with E-state index >= 15 is 0 Å². The summed E-state index contributed by atoms with van der Waals surface area (Å²) in [5.41, 5.74) is 4.12. The van der Waals surface area contributed by atoms with Crippen molar-refractivity contribution in [2.24, 2.45) is 0 Å². The molecule has 3 aromatic rings. The zero-order valence-electron chi connectivity index (χ0n) is 17.8. The van der Waals surface area contributed by atoms with E-state index in [0.717, 1.165) is 53.8 Å². The van der Waals surface area contributed by atoms with E-state index in [-0.39, 0.29) is 11.9 Å². The minimum Gasteiger partial charge on any atom is -0.368 e. The number of alkyl halides is 1. The number of anilines is 1. The molecule has 5 nitrogen and oxygen atoms in total. The van der Waals surface area contributed by atoms with Crippen molar-refractivity contribution in [2.45, 2.75) is 57.7 Å². The molecule has 2 aromatic heterocycles. The Morgan fingerprint density at radius 1 is 1.17 bits per heavy atom. The quantitative estimate of drug-likeness (QED) is 0.636. The van der Waals surface area contributed by atoms with Crippen LogP contribution in [0.1, 0.15) is 58.9 Å². The molecule has 1 aromatic carbocycles. The number of imidazole rings is 1. The summed E-state index contributed by atoms with van der Waals surface area (Å²) < 4.78 is 15.6. The van der Waals surface area contributed by atoms with Crippen molar-refractivity contribution in [3.05, 3.63) is 65.0 Å². The van der Waals surface area contributed by atoms with Gasteiger partial charge in [0, 0.05) is 23.8 Å². The highest BCUT2D eigenvalue weighted by molar-refractivity contribution is 6.11. The summed E-state index contributed by atoms with van der Waals surface area (Å²) in [5, 5.41) is 6.79. The third kappa shape index (κ3) is 4.35. The Hall–Kier alpha value is -2.83. The van der Waals surface area contributed by atoms with Crippen LogP contribution in [-0.2, 0) is 0 Å². The number of halogens is 1. The van der Waals surface area contributed by atoms with Crippen LogP contribution in [-0.4, -0.2) is 35.2 Å². The van der Waals surface area contributed by atoms with Crippen LogP contribution in [0.3, 0.4) is 0 Å². The van der Waals surface area contributed by atoms with E-state index in [4.69, 9.17) is 0 Å². The van der Waals surface area contributed by atoms with Crippen molar-refractivity contribution >= 4 is 25.2 Å². The number of benzene rings is 1. The van der Waals surface area contributed by atoms with E-state index in [1.165, 1.54) is 7.85 Å². The monoisotopic (exact) mass is 406 g/mol. The first-order valence-corrected chi connectivity index (χ1v) is 10.7. The van der Waals surface area contributed by atoms with Gasteiger partial charge in [-0.1, -0.05) is 23.8 Å². The van der Waals surface area contributed by atoms with Gasteiger partial charge in [-0.25, -0.2) is 4.98 Å². The molecule has 2 N–H and O–H groups in total. The molecule has 7 heteroatoms. The Morgan fingerprint density at radius 2 is 1.90 bits per heavy atom. The number of aromatic nitrogens is 2. The number of fused-ring (bicyclic) bond motifs is 1. The molecular formula is C23H28BFN4O. The number of hydrogen-bond acceptors (Lipinski definition) is 3. The molecule has 156 valence electrons. The van der Waals surface area contributed by atoms with Gasteiger partial charge in [0.1, 0.15) is 17.5 Å². The second-order valence-electron chi connectivity index (χ2n) is 8.41. The number of carbonyl (C=O) groups excluding carboxylic acids is 1. The van der Waals surface area contributed by atoms with Gasteiger partial charge in [-0.15, -0.1) is 0 Å². The van der Waals surface area contributed by atoms with Gasteiger partial charge in [0.15, 0.2) is 7.85 Å². The number of hydrogen-bond donors (Lipinski definition) is 2. The summed E-state index contributed by atoms with van der Waals surface area (Å²) in [5.74, 6) is 0.939. The van der Waals surface area contributed by atoms with E-state index in [1.807, 2.05) is 54.6 Å². The van der Waals surface area contributed by atoms with Crippen molar-refractivity contribution in [1.82, 2.24) is 14.7 Å². The minimum atomic E-state index is -1.09. The lowest BCUT2D eigenvalue weighted by Gasteiger charge is -2.30. The van der Waals surface area contributed by atoms with Crippen LogP contribution >= 0.6 is 0 Å². The summed E-state index contributed by atoms with van der Waals surface area (Å²) in [4.78, 5) is 17.0. The van der Waals surface area contributed by atoms with E-state index in [2.05, 4.69) is 15.6 Å². The summed E-state index contributed by atoms with van der Waals surface area (Å²) in [6.07, 6.45) is 4.47. The maximum Gasteiger partial charge on any atom is 0.251 e. The van der Waals surface area contributed by atoms with E-state index < -0.39 is 6.07 Å². The van der Waals surface area contributed by atoms with E-state index in [1.54, 1.807) is 6.20 Å². The van der Waals surface area contributed by atoms with Gasteiger partial charge < -0.3 is 10.6 Å². The minimum absolute atomic E-state index is 0.0139. The first-order chi connectivity index (χ1) is 14.4. The van der Waals surface area contributed by atoms with Crippen molar-refractivity contribution in [3.63, 3.8) is 0 Å². The van der Waals surface area contributed by atoms with Crippen LogP contribution in [0.4, 0.5) is 10.2 Å². The van der Waals surface area contributed by atoms with Crippen LogP contribution in [0.25, 0.3) is 5.65 Å². The predicted molar refractivity (Wildman–Crippen MR) is 121 cm³/mol. The summed E-state index contributed by atoms with van der Waals surface area (Å²) in [6.45, 7) is 4.01. The Kier molecular flexibility index (Phi) is 5.79. The molecule has 0 radical (unpaired) electrons. The van der Waals surface area contributed by atoms with Gasteiger partial charge in [-0.05, 0) is 63.3 Å². The number of rotatable bonds is 5. The fourth-order valence-electron chi connectivity index (χ4n) is 4.26. The number of nitrogens with one attached hydrogen (secondary N) is 2. The molecule has 0 bridgehead atoms. The highest BCUT2D eigenvalue weighted by Crippen LogP contribution is 2.24. The van der Waals surface area contributed by atoms with Gasteiger partial charge in [0.25, 0.3) is 5.91 Å². The molecule has 30 heavy (non-hydrogen) atoms. The Morgan fingerprint density at radius 3 is 2.60 bits per heavy atom. The van der Waals surface area contributed by atoms with Crippen molar-refractivity contribution in [2.75, 3.05) is 5.32 Å². The summed E-state index contributed by atoms with van der Waals surface area (Å²) in [7, 11) is 1.50. The molecule has 0 saturated heterocycles. The van der Waals surface area contributed by atoms with Crippen LogP contribution in [0.2, 0.25) is 0 Å². The molecular weight excluding hydrogens is 378 g/mol. The lowest BCUT2D eigenvalue weighted by atomic mass is 9.90. The molecule has 0 spiro atoms. The van der Waals surface area contributed by atoms with Gasteiger partial charge in [-0.3, -0.25) is 13.6 Å². The van der Waals surface area contributed by atoms with Gasteiger partial charge in [0.05, 0.1) is 5.69 Å². The molecule has 2 heterocycles. The van der Waals surface area contributed by atoms with Crippen molar-refractivity contribution in [1.29, 1.82) is 0 Å². The highest BCUT2D eigenvalue weighted by Gasteiger charge is 2.24. The third-order valence-corrected chi connectivity index (χ3v) is 5.96. The van der Waals surface area contributed by atoms with Crippen LogP contribution in [0.5, 0.6) is 0 Å². The zero-order valence-corrected chi connectivity index (χ0v) is 17.8. The molecule has 1 unspecified atom stereocenters. The lowest BCUT2D eigenvalue weighted by Crippen LogP contribution is -2.40. The average Bonchev–Trinajstić information content (AvgIpc) is 3.15. The number of aryl methyl sites for hydroxylation is 2. The maximum atomic E-state index is 13.6. The highest BCUT2D eigenvalue weighted by atomic mass is 19.1. The molecule has 1 atom stereocenters. The number of amides is 1. The standard InChI is InChI=1S/C23H28BFN4O/c1-14-6-11-18(15(2)12-14)23(30)27-17-9-7-16(8-10-17)26-20-4-3-5-21-28-19(22(24)25)13-29(20)21/h3-6,11-13,16-17,22,26H,7-10,24H2,1-2H3,(H,27,30). The smallest absolute Gasteiger partial charge is 0.251 e. The Balaban J connectivity index is 1.36. The van der Waals surface area contributed by atoms with Gasteiger partial charge >= 0.3 is 0 Å². The summed E-state index contributed by atoms with van der Waals surface area (Å²) >= 11 is 0. The second kappa shape index (κ2) is 8.50. The van der Waals surface area contributed by atoms with Crippen LogP contribution in [0, 0.1) is 13.8 Å². The molecule has 1 aliphatic rings. The second-order valence-corrected chi connectivity index (χ2v) is 8.41. The SMILES string of the molecule is BC(F)c1cn2c(NC3CCC(NC(=O)c4ccc(C)cc4C)CC3)cccc2n1. The molecule has 0 aliphatic heterocycles. The molecule has 4 rings (SSSR count). The molecule has 1 aliphatic carbocycles. The van der Waals surface area contributed by atoms with Crippen molar-refractivity contribution in [3.8, 4) is 0 Å². The molecule has 1 fully saturated rings. The fourth-order valence-corrected chi connectivity index (χ4v) is 4.26. The van der Waals surface area contributed by atoms with Crippen LogP contribution in [0.15, 0.2) is 42.6 Å². The van der Waals surface area contributed by atoms with Crippen molar-refractivity contribution < 1.29 is 9.18 Å². The maximum absolute atomic E-state index is 13.6. The van der Waals surface area contributed by atoms with Gasteiger partial charge in [-0.2, -0.15) is 0 Å². The third-order valence-electron chi connectivity index (χ3n) is 5.96. The Labute approximate surface area is 177 Å². The van der Waals surface area contributed by atoms with E-state index in [0.29, 0.717) is 11.7 Å². The molecule has 1 saturated carbocycles. The number of nitrogens with zero attached hydrogens (tertiary/aromatic N) is 2. The Bertz CT molecular complexity index is 1060.